The number of fused-ring (bicyclic) bond motifs is 7. The Bertz CT molecular complexity index is 3270. The van der Waals surface area contributed by atoms with Crippen molar-refractivity contribution in [3.8, 4) is 56.2 Å². The summed E-state index contributed by atoms with van der Waals surface area (Å²) in [6, 6.07) is 69.7. The minimum Gasteiger partial charge on any atom is -0.228 e. The maximum Gasteiger partial charge on any atom is 0.160 e. The van der Waals surface area contributed by atoms with Gasteiger partial charge in [0.15, 0.2) is 5.82 Å². The van der Waals surface area contributed by atoms with Crippen LogP contribution in [0.15, 0.2) is 194 Å². The van der Waals surface area contributed by atoms with Crippen molar-refractivity contribution in [3.05, 3.63) is 194 Å². The van der Waals surface area contributed by atoms with E-state index in [1.165, 1.54) is 63.6 Å². The van der Waals surface area contributed by atoms with Gasteiger partial charge in [-0.25, -0.2) is 9.97 Å². The second-order valence-corrected chi connectivity index (χ2v) is 15.1. The van der Waals surface area contributed by atoms with E-state index in [9.17, 15) is 0 Å². The van der Waals surface area contributed by atoms with Gasteiger partial charge >= 0.3 is 0 Å². The number of hydrogen-bond donors (Lipinski definition) is 0. The van der Waals surface area contributed by atoms with Gasteiger partial charge in [0.2, 0.25) is 0 Å². The summed E-state index contributed by atoms with van der Waals surface area (Å²) in [6.45, 7) is 0. The fraction of sp³-hybridized carbons (Fsp3) is 0. The summed E-state index contributed by atoms with van der Waals surface area (Å²) in [5, 5.41) is 9.97. The number of hydrogen-bond acceptors (Lipinski definition) is 3. The van der Waals surface area contributed by atoms with Gasteiger partial charge in [-0.2, -0.15) is 0 Å². The first-order chi connectivity index (χ1) is 27.3. The van der Waals surface area contributed by atoms with Gasteiger partial charge in [0, 0.05) is 36.9 Å². The Labute approximate surface area is 322 Å². The zero-order chi connectivity index (χ0) is 36.3. The predicted molar refractivity (Wildman–Crippen MR) is 235 cm³/mol. The van der Waals surface area contributed by atoms with Crippen LogP contribution in [-0.2, 0) is 0 Å². The topological polar surface area (TPSA) is 25.8 Å². The molecule has 11 rings (SSSR count). The number of benzene rings is 9. The average molecular weight is 717 g/mol. The smallest absolute Gasteiger partial charge is 0.160 e. The summed E-state index contributed by atoms with van der Waals surface area (Å²) in [5.74, 6) is 0.700. The molecule has 0 amide bonds. The second kappa shape index (κ2) is 12.9. The highest BCUT2D eigenvalue weighted by Crippen LogP contribution is 2.45. The van der Waals surface area contributed by atoms with Crippen molar-refractivity contribution in [2.75, 3.05) is 0 Å². The molecule has 0 saturated heterocycles. The SMILES string of the molecule is c1ccc(-c2nc(-c3ccccc3-c3c4ccccc4cc4c3ccc3ccccc34)cc(-c3ccccc3-c3cccc4sc5ccccc5c34)n2)cc1. The molecule has 2 aromatic heterocycles. The van der Waals surface area contributed by atoms with Gasteiger partial charge in [-0.15, -0.1) is 11.3 Å². The first-order valence-electron chi connectivity index (χ1n) is 18.7. The van der Waals surface area contributed by atoms with Crippen molar-refractivity contribution < 1.29 is 0 Å². The molecule has 11 aromatic rings. The molecular weight excluding hydrogens is 685 g/mol. The van der Waals surface area contributed by atoms with E-state index in [0.29, 0.717) is 5.82 Å². The molecule has 0 saturated carbocycles. The number of thiophene rings is 1. The molecule has 0 unspecified atom stereocenters. The highest BCUT2D eigenvalue weighted by molar-refractivity contribution is 7.25. The monoisotopic (exact) mass is 716 g/mol. The van der Waals surface area contributed by atoms with Crippen molar-refractivity contribution in [2.24, 2.45) is 0 Å². The van der Waals surface area contributed by atoms with Crippen molar-refractivity contribution in [1.29, 1.82) is 0 Å². The van der Waals surface area contributed by atoms with Crippen LogP contribution in [0, 0.1) is 0 Å². The van der Waals surface area contributed by atoms with Crippen molar-refractivity contribution in [2.45, 2.75) is 0 Å². The fourth-order valence-corrected chi connectivity index (χ4v) is 9.55. The molecule has 2 nitrogen and oxygen atoms in total. The maximum atomic E-state index is 5.37. The molecule has 3 heteroatoms. The van der Waals surface area contributed by atoms with E-state index in [1.807, 2.05) is 17.4 Å². The summed E-state index contributed by atoms with van der Waals surface area (Å²) in [4.78, 5) is 10.7. The van der Waals surface area contributed by atoms with Crippen LogP contribution in [0.3, 0.4) is 0 Å². The third kappa shape index (κ3) is 5.24. The lowest BCUT2D eigenvalue weighted by Crippen LogP contribution is -1.98. The van der Waals surface area contributed by atoms with Crippen LogP contribution >= 0.6 is 11.3 Å². The molecule has 0 aliphatic carbocycles. The van der Waals surface area contributed by atoms with Crippen molar-refractivity contribution in [1.82, 2.24) is 9.97 Å². The minimum absolute atomic E-state index is 0.700. The van der Waals surface area contributed by atoms with E-state index < -0.39 is 0 Å². The van der Waals surface area contributed by atoms with E-state index >= 15 is 0 Å². The lowest BCUT2D eigenvalue weighted by atomic mass is 9.87. The molecule has 0 atom stereocenters. The molecule has 0 aliphatic rings. The highest BCUT2D eigenvalue weighted by Gasteiger charge is 2.20. The number of rotatable bonds is 5. The molecule has 9 aromatic carbocycles. The number of nitrogens with zero attached hydrogens (tertiary/aromatic N) is 2. The molecule has 0 aliphatic heterocycles. The van der Waals surface area contributed by atoms with Crippen LogP contribution in [0.4, 0.5) is 0 Å². The number of aromatic nitrogens is 2. The average Bonchev–Trinajstić information content (AvgIpc) is 3.65. The van der Waals surface area contributed by atoms with Gasteiger partial charge in [-0.3, -0.25) is 0 Å². The normalized spacial score (nSPS) is 11.6. The zero-order valence-corrected chi connectivity index (χ0v) is 30.6. The lowest BCUT2D eigenvalue weighted by molar-refractivity contribution is 1.18. The Hall–Kier alpha value is -6.94. The van der Waals surface area contributed by atoms with Gasteiger partial charge in [-0.05, 0) is 78.8 Å². The molecule has 0 fully saturated rings. The predicted octanol–water partition coefficient (Wildman–Crippen LogP) is 14.6. The van der Waals surface area contributed by atoms with E-state index in [4.69, 9.17) is 9.97 Å². The third-order valence-electron chi connectivity index (χ3n) is 10.9. The van der Waals surface area contributed by atoms with Crippen molar-refractivity contribution >= 4 is 63.8 Å². The van der Waals surface area contributed by atoms with E-state index in [1.54, 1.807) is 0 Å². The first kappa shape index (κ1) is 31.6. The van der Waals surface area contributed by atoms with Crippen LogP contribution < -0.4 is 0 Å². The molecule has 0 radical (unpaired) electrons. The van der Waals surface area contributed by atoms with Crippen LogP contribution in [-0.4, -0.2) is 9.97 Å². The van der Waals surface area contributed by atoms with Crippen LogP contribution in [0.1, 0.15) is 0 Å². The standard InChI is InChI=1S/C52H32N2S/c1-2-16-34(17-3-1)52-53-46(39-22-9-8-21-38(39)41-26-14-28-49-51(41)44-25-12-13-27-48(44)55-49)32-47(54-52)40-23-10-11-24-42(40)50-37-20-7-5-18-35(37)31-45-36-19-6-4-15-33(36)29-30-43(45)50/h1-32H. The van der Waals surface area contributed by atoms with Gasteiger partial charge in [0.25, 0.3) is 0 Å². The Morgan fingerprint density at radius 1 is 0.327 bits per heavy atom. The third-order valence-corrected chi connectivity index (χ3v) is 12.0. The summed E-state index contributed by atoms with van der Waals surface area (Å²) < 4.78 is 2.58. The lowest BCUT2D eigenvalue weighted by Gasteiger charge is -2.18. The van der Waals surface area contributed by atoms with E-state index in [2.05, 4.69) is 188 Å². The van der Waals surface area contributed by atoms with E-state index in [-0.39, 0.29) is 0 Å². The maximum absolute atomic E-state index is 5.37. The van der Waals surface area contributed by atoms with Crippen LogP contribution in [0.2, 0.25) is 0 Å². The van der Waals surface area contributed by atoms with E-state index in [0.717, 1.165) is 39.2 Å². The first-order valence-corrected chi connectivity index (χ1v) is 19.5. The summed E-state index contributed by atoms with van der Waals surface area (Å²) in [6.07, 6.45) is 0. The Morgan fingerprint density at radius 2 is 0.909 bits per heavy atom. The molecule has 0 N–H and O–H groups in total. The molecule has 55 heavy (non-hydrogen) atoms. The minimum atomic E-state index is 0.700. The van der Waals surface area contributed by atoms with Crippen LogP contribution in [0.5, 0.6) is 0 Å². The second-order valence-electron chi connectivity index (χ2n) is 14.1. The van der Waals surface area contributed by atoms with Gasteiger partial charge in [0.05, 0.1) is 11.4 Å². The Balaban J connectivity index is 1.18. The Kier molecular flexibility index (Phi) is 7.39. The van der Waals surface area contributed by atoms with Gasteiger partial charge < -0.3 is 0 Å². The largest absolute Gasteiger partial charge is 0.228 e. The summed E-state index contributed by atoms with van der Waals surface area (Å²) in [7, 11) is 0. The molecule has 0 spiro atoms. The molecular formula is C52H32N2S. The van der Waals surface area contributed by atoms with Gasteiger partial charge in [-0.1, -0.05) is 170 Å². The summed E-state index contributed by atoms with van der Waals surface area (Å²) in [5.41, 5.74) is 9.62. The summed E-state index contributed by atoms with van der Waals surface area (Å²) >= 11 is 1.85. The molecule has 2 heterocycles. The molecule has 256 valence electrons. The van der Waals surface area contributed by atoms with Crippen molar-refractivity contribution in [3.63, 3.8) is 0 Å². The zero-order valence-electron chi connectivity index (χ0n) is 29.8. The quantitative estimate of drug-likeness (QED) is 0.131. The highest BCUT2D eigenvalue weighted by atomic mass is 32.1. The van der Waals surface area contributed by atoms with Gasteiger partial charge in [0.1, 0.15) is 0 Å². The van der Waals surface area contributed by atoms with Crippen LogP contribution in [0.25, 0.3) is 109 Å². The fourth-order valence-electron chi connectivity index (χ4n) is 8.41. The Morgan fingerprint density at radius 3 is 1.71 bits per heavy atom. The molecule has 0 bridgehead atoms.